The van der Waals surface area contributed by atoms with Gasteiger partial charge in [-0.3, -0.25) is 9.59 Å². The summed E-state index contributed by atoms with van der Waals surface area (Å²) in [5, 5.41) is 9.49. The van der Waals surface area contributed by atoms with Gasteiger partial charge in [0.1, 0.15) is 5.60 Å². The maximum Gasteiger partial charge on any atom is 0.324 e. The monoisotopic (exact) mass is 256 g/mol. The van der Waals surface area contributed by atoms with E-state index in [2.05, 4.69) is 0 Å². The molecule has 1 rings (SSSR count). The molecule has 0 radical (unpaired) electrons. The predicted octanol–water partition coefficient (Wildman–Crippen LogP) is 2.86. The van der Waals surface area contributed by atoms with Gasteiger partial charge in [0.25, 0.3) is 0 Å². The summed E-state index contributed by atoms with van der Waals surface area (Å²) in [6.07, 6.45) is 1.72. The maximum atomic E-state index is 12.3. The van der Waals surface area contributed by atoms with Crippen LogP contribution >= 0.6 is 0 Å². The summed E-state index contributed by atoms with van der Waals surface area (Å²) in [5.41, 5.74) is -2.01. The Morgan fingerprint density at radius 1 is 1.17 bits per heavy atom. The first-order chi connectivity index (χ1) is 8.07. The zero-order valence-electron chi connectivity index (χ0n) is 11.9. The topological polar surface area (TPSA) is 63.6 Å². The lowest BCUT2D eigenvalue weighted by molar-refractivity contribution is -0.182. The molecule has 1 aliphatic carbocycles. The molecular formula is C14H24O4. The minimum Gasteiger partial charge on any atom is -0.480 e. The molecule has 0 spiro atoms. The smallest absolute Gasteiger partial charge is 0.324 e. The molecule has 1 saturated carbocycles. The second kappa shape index (κ2) is 4.90. The third-order valence-corrected chi connectivity index (χ3v) is 3.40. The van der Waals surface area contributed by atoms with E-state index in [4.69, 9.17) is 4.74 Å². The lowest BCUT2D eigenvalue weighted by Gasteiger charge is -2.39. The van der Waals surface area contributed by atoms with Crippen molar-refractivity contribution in [3.63, 3.8) is 0 Å². The van der Waals surface area contributed by atoms with Gasteiger partial charge < -0.3 is 9.84 Å². The molecule has 4 heteroatoms. The molecule has 0 heterocycles. The van der Waals surface area contributed by atoms with Gasteiger partial charge in [-0.15, -0.1) is 0 Å². The van der Waals surface area contributed by atoms with E-state index >= 15 is 0 Å². The molecule has 2 unspecified atom stereocenters. The SMILES string of the molecule is CC1CC(C)CC(C(=O)O)(C(=O)OC(C)(C)C)C1. The molecule has 2 atom stereocenters. The van der Waals surface area contributed by atoms with Gasteiger partial charge >= 0.3 is 11.9 Å². The standard InChI is InChI=1S/C14H24O4/c1-9-6-10(2)8-14(7-9,11(15)16)12(17)18-13(3,4)5/h9-10H,6-8H2,1-5H3,(H,15,16). The molecule has 0 aliphatic heterocycles. The molecular weight excluding hydrogens is 232 g/mol. The Hall–Kier alpha value is -1.06. The predicted molar refractivity (Wildman–Crippen MR) is 68.1 cm³/mol. The van der Waals surface area contributed by atoms with Gasteiger partial charge in [-0.25, -0.2) is 0 Å². The first kappa shape index (κ1) is 15.0. The van der Waals surface area contributed by atoms with Gasteiger partial charge in [0.2, 0.25) is 0 Å². The highest BCUT2D eigenvalue weighted by Gasteiger charge is 2.52. The minimum atomic E-state index is -1.36. The van der Waals surface area contributed by atoms with Gasteiger partial charge in [0, 0.05) is 0 Å². The van der Waals surface area contributed by atoms with Crippen molar-refractivity contribution < 1.29 is 19.4 Å². The van der Waals surface area contributed by atoms with E-state index in [9.17, 15) is 14.7 Å². The number of carbonyl (C=O) groups excluding carboxylic acids is 1. The maximum absolute atomic E-state index is 12.3. The number of hydrogen-bond acceptors (Lipinski definition) is 3. The Bertz CT molecular complexity index is 330. The number of ether oxygens (including phenoxy) is 1. The zero-order chi connectivity index (χ0) is 14.1. The largest absolute Gasteiger partial charge is 0.480 e. The molecule has 4 nitrogen and oxygen atoms in total. The summed E-state index contributed by atoms with van der Waals surface area (Å²) in [7, 11) is 0. The first-order valence-corrected chi connectivity index (χ1v) is 6.53. The number of carboxylic acids is 1. The molecule has 1 N–H and O–H groups in total. The van der Waals surface area contributed by atoms with Crippen molar-refractivity contribution in [1.29, 1.82) is 0 Å². The van der Waals surface area contributed by atoms with Crippen LogP contribution in [0.4, 0.5) is 0 Å². The van der Waals surface area contributed by atoms with Crippen molar-refractivity contribution in [2.45, 2.75) is 59.5 Å². The summed E-state index contributed by atoms with van der Waals surface area (Å²) < 4.78 is 5.32. The number of esters is 1. The van der Waals surface area contributed by atoms with Gasteiger partial charge in [0.15, 0.2) is 5.41 Å². The van der Waals surface area contributed by atoms with E-state index in [-0.39, 0.29) is 11.8 Å². The Labute approximate surface area is 109 Å². The second-order valence-electron chi connectivity index (χ2n) is 6.74. The molecule has 0 saturated heterocycles. The number of carboxylic acid groups (broad SMARTS) is 1. The van der Waals surface area contributed by atoms with Crippen molar-refractivity contribution in [2.75, 3.05) is 0 Å². The molecule has 0 aromatic carbocycles. The molecule has 0 amide bonds. The van der Waals surface area contributed by atoms with Crippen LogP contribution < -0.4 is 0 Å². The summed E-state index contributed by atoms with van der Waals surface area (Å²) in [5.74, 6) is -1.16. The van der Waals surface area contributed by atoms with Crippen LogP contribution in [-0.2, 0) is 14.3 Å². The lowest BCUT2D eigenvalue weighted by atomic mass is 9.66. The number of hydrogen-bond donors (Lipinski definition) is 1. The Balaban J connectivity index is 3.00. The van der Waals surface area contributed by atoms with Crippen LogP contribution in [0.15, 0.2) is 0 Å². The van der Waals surface area contributed by atoms with Crippen molar-refractivity contribution in [3.05, 3.63) is 0 Å². The highest BCUT2D eigenvalue weighted by molar-refractivity contribution is 5.99. The van der Waals surface area contributed by atoms with Crippen molar-refractivity contribution in [1.82, 2.24) is 0 Å². The summed E-state index contributed by atoms with van der Waals surface area (Å²) in [6, 6.07) is 0. The van der Waals surface area contributed by atoms with Crippen molar-refractivity contribution >= 4 is 11.9 Å². The molecule has 104 valence electrons. The van der Waals surface area contributed by atoms with Crippen LogP contribution in [-0.4, -0.2) is 22.6 Å². The van der Waals surface area contributed by atoms with Crippen molar-refractivity contribution in [2.24, 2.45) is 17.3 Å². The summed E-state index contributed by atoms with van der Waals surface area (Å²) in [6.45, 7) is 9.28. The first-order valence-electron chi connectivity index (χ1n) is 6.53. The molecule has 0 aromatic heterocycles. The highest BCUT2D eigenvalue weighted by Crippen LogP contribution is 2.44. The quantitative estimate of drug-likeness (QED) is 0.609. The normalized spacial score (nSPS) is 32.9. The van der Waals surface area contributed by atoms with Gasteiger partial charge in [0.05, 0.1) is 0 Å². The fraction of sp³-hybridized carbons (Fsp3) is 0.857. The van der Waals surface area contributed by atoms with Gasteiger partial charge in [-0.2, -0.15) is 0 Å². The van der Waals surface area contributed by atoms with E-state index in [0.29, 0.717) is 12.8 Å². The molecule has 1 fully saturated rings. The fourth-order valence-corrected chi connectivity index (χ4v) is 2.93. The third kappa shape index (κ3) is 3.24. The Morgan fingerprint density at radius 3 is 1.94 bits per heavy atom. The minimum absolute atomic E-state index is 0.234. The summed E-state index contributed by atoms with van der Waals surface area (Å²) >= 11 is 0. The van der Waals surface area contributed by atoms with E-state index in [1.54, 1.807) is 20.8 Å². The van der Waals surface area contributed by atoms with E-state index in [0.717, 1.165) is 6.42 Å². The Morgan fingerprint density at radius 2 is 1.61 bits per heavy atom. The van der Waals surface area contributed by atoms with Crippen molar-refractivity contribution in [3.8, 4) is 0 Å². The molecule has 0 aromatic rings. The van der Waals surface area contributed by atoms with E-state index in [1.165, 1.54) is 0 Å². The zero-order valence-corrected chi connectivity index (χ0v) is 11.9. The van der Waals surface area contributed by atoms with Crippen LogP contribution in [0.5, 0.6) is 0 Å². The van der Waals surface area contributed by atoms with E-state index < -0.39 is 23.0 Å². The highest BCUT2D eigenvalue weighted by atomic mass is 16.6. The lowest BCUT2D eigenvalue weighted by Crippen LogP contribution is -2.48. The van der Waals surface area contributed by atoms with Crippen LogP contribution in [0.2, 0.25) is 0 Å². The van der Waals surface area contributed by atoms with E-state index in [1.807, 2.05) is 13.8 Å². The van der Waals surface area contributed by atoms with Gasteiger partial charge in [-0.05, 0) is 51.9 Å². The third-order valence-electron chi connectivity index (χ3n) is 3.40. The van der Waals surface area contributed by atoms with Crippen LogP contribution in [0.1, 0.15) is 53.9 Å². The average molecular weight is 256 g/mol. The van der Waals surface area contributed by atoms with Gasteiger partial charge in [-0.1, -0.05) is 13.8 Å². The Kier molecular flexibility index (Phi) is 4.08. The van der Waals surface area contributed by atoms with Crippen LogP contribution in [0.25, 0.3) is 0 Å². The molecule has 1 aliphatic rings. The molecule has 0 bridgehead atoms. The second-order valence-corrected chi connectivity index (χ2v) is 6.74. The number of rotatable bonds is 2. The average Bonchev–Trinajstić information content (AvgIpc) is 2.12. The van der Waals surface area contributed by atoms with Crippen LogP contribution in [0, 0.1) is 17.3 Å². The van der Waals surface area contributed by atoms with Crippen LogP contribution in [0.3, 0.4) is 0 Å². The number of aliphatic carboxylic acids is 1. The number of carbonyl (C=O) groups is 2. The summed E-state index contributed by atoms with van der Waals surface area (Å²) in [4.78, 5) is 23.9. The fourth-order valence-electron chi connectivity index (χ4n) is 2.93. The molecule has 18 heavy (non-hydrogen) atoms.